The Balaban J connectivity index is 2.33. The van der Waals surface area contributed by atoms with E-state index in [1.165, 1.54) is 0 Å². The smallest absolute Gasteiger partial charge is 0.0769 e. The predicted molar refractivity (Wildman–Crippen MR) is 67.6 cm³/mol. The maximum atomic E-state index is 5.62. The van der Waals surface area contributed by atoms with Gasteiger partial charge in [0.05, 0.1) is 11.4 Å². The number of hydrogen-bond acceptors (Lipinski definition) is 3. The van der Waals surface area contributed by atoms with Gasteiger partial charge >= 0.3 is 0 Å². The summed E-state index contributed by atoms with van der Waals surface area (Å²) < 4.78 is 0. The molecule has 1 heterocycles. The SMILES string of the molecule is CC(C)CNCc1ccc(CCCCl)nn1. The van der Waals surface area contributed by atoms with Crippen LogP contribution in [-0.2, 0) is 13.0 Å². The number of rotatable bonds is 7. The molecule has 0 saturated heterocycles. The Kier molecular flexibility index (Phi) is 6.34. The second-order valence-electron chi connectivity index (χ2n) is 4.33. The summed E-state index contributed by atoms with van der Waals surface area (Å²) in [5.74, 6) is 1.34. The highest BCUT2D eigenvalue weighted by Crippen LogP contribution is 2.01. The van der Waals surface area contributed by atoms with Crippen molar-refractivity contribution in [3.05, 3.63) is 23.5 Å². The van der Waals surface area contributed by atoms with Crippen molar-refractivity contribution in [3.8, 4) is 0 Å². The zero-order chi connectivity index (χ0) is 11.8. The van der Waals surface area contributed by atoms with Crippen LogP contribution >= 0.6 is 11.6 Å². The zero-order valence-electron chi connectivity index (χ0n) is 10.0. The summed E-state index contributed by atoms with van der Waals surface area (Å²) in [4.78, 5) is 0. The Morgan fingerprint density at radius 1 is 1.25 bits per heavy atom. The number of aryl methyl sites for hydroxylation is 1. The van der Waals surface area contributed by atoms with E-state index in [1.54, 1.807) is 0 Å². The van der Waals surface area contributed by atoms with Crippen LogP contribution < -0.4 is 5.32 Å². The summed E-state index contributed by atoms with van der Waals surface area (Å²) in [5.41, 5.74) is 2.02. The maximum absolute atomic E-state index is 5.62. The van der Waals surface area contributed by atoms with E-state index < -0.39 is 0 Å². The minimum Gasteiger partial charge on any atom is -0.311 e. The molecule has 0 atom stereocenters. The Morgan fingerprint density at radius 2 is 1.94 bits per heavy atom. The van der Waals surface area contributed by atoms with Crippen molar-refractivity contribution >= 4 is 11.6 Å². The summed E-state index contributed by atoms with van der Waals surface area (Å²) >= 11 is 5.62. The van der Waals surface area contributed by atoms with Crippen molar-refractivity contribution in [2.45, 2.75) is 33.2 Å². The van der Waals surface area contributed by atoms with Crippen molar-refractivity contribution < 1.29 is 0 Å². The van der Waals surface area contributed by atoms with Gasteiger partial charge in [-0.15, -0.1) is 11.6 Å². The lowest BCUT2D eigenvalue weighted by molar-refractivity contribution is 0.545. The van der Waals surface area contributed by atoms with E-state index in [4.69, 9.17) is 11.6 Å². The van der Waals surface area contributed by atoms with Gasteiger partial charge in [-0.2, -0.15) is 10.2 Å². The summed E-state index contributed by atoms with van der Waals surface area (Å²) in [6.45, 7) is 6.18. The molecule has 0 aliphatic carbocycles. The van der Waals surface area contributed by atoms with Gasteiger partial charge in [-0.1, -0.05) is 13.8 Å². The summed E-state index contributed by atoms with van der Waals surface area (Å²) in [7, 11) is 0. The van der Waals surface area contributed by atoms with Crippen molar-refractivity contribution in [1.82, 2.24) is 15.5 Å². The second-order valence-corrected chi connectivity index (χ2v) is 4.71. The summed E-state index contributed by atoms with van der Waals surface area (Å²) in [6, 6.07) is 4.07. The first kappa shape index (κ1) is 13.4. The standard InChI is InChI=1S/C12H20ClN3/c1-10(2)8-14-9-12-6-5-11(15-16-12)4-3-7-13/h5-6,10,14H,3-4,7-9H2,1-2H3. The van der Waals surface area contributed by atoms with Crippen LogP contribution in [0.1, 0.15) is 31.7 Å². The fourth-order valence-electron chi connectivity index (χ4n) is 1.35. The Bertz CT molecular complexity index is 285. The van der Waals surface area contributed by atoms with Gasteiger partial charge in [-0.05, 0) is 37.4 Å². The molecule has 90 valence electrons. The average molecular weight is 242 g/mol. The van der Waals surface area contributed by atoms with E-state index >= 15 is 0 Å². The van der Waals surface area contributed by atoms with E-state index in [-0.39, 0.29) is 0 Å². The highest BCUT2D eigenvalue weighted by Gasteiger charge is 1.99. The number of alkyl halides is 1. The number of aromatic nitrogens is 2. The molecule has 0 aliphatic rings. The first-order chi connectivity index (χ1) is 7.72. The third-order valence-electron chi connectivity index (χ3n) is 2.20. The molecule has 0 spiro atoms. The van der Waals surface area contributed by atoms with Crippen molar-refractivity contribution in [3.63, 3.8) is 0 Å². The monoisotopic (exact) mass is 241 g/mol. The van der Waals surface area contributed by atoms with Crippen LogP contribution in [0.5, 0.6) is 0 Å². The molecule has 1 aromatic heterocycles. The molecule has 1 rings (SSSR count). The van der Waals surface area contributed by atoms with Crippen molar-refractivity contribution in [2.24, 2.45) is 5.92 Å². The van der Waals surface area contributed by atoms with E-state index in [2.05, 4.69) is 29.4 Å². The minimum absolute atomic E-state index is 0.663. The minimum atomic E-state index is 0.663. The van der Waals surface area contributed by atoms with Gasteiger partial charge in [0, 0.05) is 12.4 Å². The molecule has 0 saturated carbocycles. The summed E-state index contributed by atoms with van der Waals surface area (Å²) in [6.07, 6.45) is 1.87. The van der Waals surface area contributed by atoms with Gasteiger partial charge in [0.15, 0.2) is 0 Å². The number of hydrogen-bond donors (Lipinski definition) is 1. The lowest BCUT2D eigenvalue weighted by Crippen LogP contribution is -2.19. The first-order valence-electron chi connectivity index (χ1n) is 5.80. The van der Waals surface area contributed by atoms with Gasteiger partial charge in [0.1, 0.15) is 0 Å². The Morgan fingerprint density at radius 3 is 2.50 bits per heavy atom. The highest BCUT2D eigenvalue weighted by molar-refractivity contribution is 6.17. The number of nitrogens with zero attached hydrogens (tertiary/aromatic N) is 2. The number of halogens is 1. The summed E-state index contributed by atoms with van der Waals surface area (Å²) in [5, 5.41) is 11.7. The Hall–Kier alpha value is -0.670. The molecule has 0 bridgehead atoms. The zero-order valence-corrected chi connectivity index (χ0v) is 10.8. The number of nitrogens with one attached hydrogen (secondary N) is 1. The molecule has 1 N–H and O–H groups in total. The molecule has 1 aromatic rings. The molecule has 0 aliphatic heterocycles. The van der Waals surface area contributed by atoms with E-state index in [0.717, 1.165) is 37.3 Å². The van der Waals surface area contributed by atoms with E-state index in [0.29, 0.717) is 11.8 Å². The molecule has 0 aromatic carbocycles. The molecule has 3 nitrogen and oxygen atoms in total. The second kappa shape index (κ2) is 7.58. The van der Waals surface area contributed by atoms with Crippen LogP contribution in [0.3, 0.4) is 0 Å². The normalized spacial score (nSPS) is 11.0. The molecule has 0 amide bonds. The van der Waals surface area contributed by atoms with Gasteiger partial charge in [-0.3, -0.25) is 0 Å². The van der Waals surface area contributed by atoms with Crippen LogP contribution in [0, 0.1) is 5.92 Å². The van der Waals surface area contributed by atoms with Gasteiger partial charge < -0.3 is 5.32 Å². The largest absolute Gasteiger partial charge is 0.311 e. The third-order valence-corrected chi connectivity index (χ3v) is 2.47. The van der Waals surface area contributed by atoms with Crippen molar-refractivity contribution in [2.75, 3.05) is 12.4 Å². The lowest BCUT2D eigenvalue weighted by atomic mass is 10.2. The van der Waals surface area contributed by atoms with Gasteiger partial charge in [0.2, 0.25) is 0 Å². The van der Waals surface area contributed by atoms with Gasteiger partial charge in [0.25, 0.3) is 0 Å². The quantitative estimate of drug-likeness (QED) is 0.745. The van der Waals surface area contributed by atoms with Crippen molar-refractivity contribution in [1.29, 1.82) is 0 Å². The van der Waals surface area contributed by atoms with Crippen LogP contribution in [0.15, 0.2) is 12.1 Å². The van der Waals surface area contributed by atoms with Crippen LogP contribution in [-0.4, -0.2) is 22.6 Å². The molecular weight excluding hydrogens is 222 g/mol. The Labute approximate surface area is 103 Å². The van der Waals surface area contributed by atoms with Crippen LogP contribution in [0.4, 0.5) is 0 Å². The predicted octanol–water partition coefficient (Wildman–Crippen LogP) is 2.39. The molecule has 4 heteroatoms. The molecule has 16 heavy (non-hydrogen) atoms. The van der Waals surface area contributed by atoms with Crippen LogP contribution in [0.2, 0.25) is 0 Å². The van der Waals surface area contributed by atoms with E-state index in [9.17, 15) is 0 Å². The lowest BCUT2D eigenvalue weighted by Gasteiger charge is -2.06. The third kappa shape index (κ3) is 5.42. The average Bonchev–Trinajstić information content (AvgIpc) is 2.27. The highest BCUT2D eigenvalue weighted by atomic mass is 35.5. The fourth-order valence-corrected chi connectivity index (χ4v) is 1.49. The van der Waals surface area contributed by atoms with E-state index in [1.807, 2.05) is 12.1 Å². The van der Waals surface area contributed by atoms with Gasteiger partial charge in [-0.25, -0.2) is 0 Å². The first-order valence-corrected chi connectivity index (χ1v) is 6.34. The molecule has 0 fully saturated rings. The maximum Gasteiger partial charge on any atom is 0.0769 e. The topological polar surface area (TPSA) is 37.8 Å². The molecule has 0 radical (unpaired) electrons. The molecular formula is C12H20ClN3. The van der Waals surface area contributed by atoms with Crippen LogP contribution in [0.25, 0.3) is 0 Å². The fraction of sp³-hybridized carbons (Fsp3) is 0.667. The molecule has 0 unspecified atom stereocenters.